The summed E-state index contributed by atoms with van der Waals surface area (Å²) in [5.41, 5.74) is 5.11. The van der Waals surface area contributed by atoms with Crippen molar-refractivity contribution in [2.45, 2.75) is 38.5 Å². The van der Waals surface area contributed by atoms with Gasteiger partial charge < -0.3 is 9.64 Å². The minimum absolute atomic E-state index is 0.00751. The first-order valence-corrected chi connectivity index (χ1v) is 18.6. The number of aromatic nitrogens is 3. The number of nitrogens with zero attached hydrogens (tertiary/aromatic N) is 5. The van der Waals surface area contributed by atoms with E-state index in [1.807, 2.05) is 57.3 Å². The summed E-state index contributed by atoms with van der Waals surface area (Å²) in [7, 11) is -3.29. The number of sulfonamides is 1. The Balaban J connectivity index is 1.47. The van der Waals surface area contributed by atoms with Crippen LogP contribution >= 0.6 is 0 Å². The van der Waals surface area contributed by atoms with Crippen molar-refractivity contribution >= 4 is 26.7 Å². The van der Waals surface area contributed by atoms with Crippen LogP contribution in [0.1, 0.15) is 37.5 Å². The van der Waals surface area contributed by atoms with E-state index in [0.29, 0.717) is 19.6 Å². The van der Waals surface area contributed by atoms with Crippen LogP contribution in [0.25, 0.3) is 22.2 Å². The average molecular weight is 672 g/mol. The summed E-state index contributed by atoms with van der Waals surface area (Å²) in [6, 6.07) is 41.8. The van der Waals surface area contributed by atoms with Gasteiger partial charge in [0.25, 0.3) is 0 Å². The molecule has 2 aromatic heterocycles. The molecule has 1 aliphatic heterocycles. The third-order valence-electron chi connectivity index (χ3n) is 9.25. The normalized spacial score (nSPS) is 15.9. The topological polar surface area (TPSA) is 80.6 Å². The van der Waals surface area contributed by atoms with Gasteiger partial charge in [0.15, 0.2) is 0 Å². The molecule has 8 nitrogen and oxygen atoms in total. The molecule has 6 aromatic rings. The van der Waals surface area contributed by atoms with Crippen LogP contribution in [0.5, 0.6) is 5.75 Å². The lowest BCUT2D eigenvalue weighted by Crippen LogP contribution is -2.53. The summed E-state index contributed by atoms with van der Waals surface area (Å²) in [6.07, 6.45) is 3.10. The quantitative estimate of drug-likeness (QED) is 0.151. The van der Waals surface area contributed by atoms with Crippen molar-refractivity contribution < 1.29 is 13.2 Å². The second-order valence-electron chi connectivity index (χ2n) is 13.0. The largest absolute Gasteiger partial charge is 0.491 e. The van der Waals surface area contributed by atoms with Crippen molar-refractivity contribution in [1.82, 2.24) is 19.1 Å². The highest BCUT2D eigenvalue weighted by Crippen LogP contribution is 2.44. The van der Waals surface area contributed by atoms with Gasteiger partial charge in [-0.05, 0) is 67.8 Å². The number of ether oxygens (including phenoxy) is 1. The van der Waals surface area contributed by atoms with Crippen molar-refractivity contribution in [3.8, 4) is 17.0 Å². The smallest absolute Gasteiger partial charge is 0.211 e. The predicted molar refractivity (Wildman–Crippen MR) is 197 cm³/mol. The van der Waals surface area contributed by atoms with Crippen LogP contribution in [-0.4, -0.2) is 65.5 Å². The molecule has 0 radical (unpaired) electrons. The summed E-state index contributed by atoms with van der Waals surface area (Å²) < 4.78 is 34.7. The number of piperazine rings is 1. The van der Waals surface area contributed by atoms with E-state index < -0.39 is 15.6 Å². The number of rotatable bonds is 9. The Morgan fingerprint density at radius 3 is 1.92 bits per heavy atom. The molecule has 1 unspecified atom stereocenters. The Bertz CT molecular complexity index is 2070. The zero-order chi connectivity index (χ0) is 34.2. The second kappa shape index (κ2) is 13.1. The molecule has 9 heteroatoms. The Kier molecular flexibility index (Phi) is 8.73. The van der Waals surface area contributed by atoms with E-state index in [4.69, 9.17) is 14.8 Å². The number of anilines is 1. The van der Waals surface area contributed by atoms with Crippen LogP contribution in [0.4, 0.5) is 5.82 Å². The summed E-state index contributed by atoms with van der Waals surface area (Å²) in [5, 5.41) is 6.51. The molecule has 7 rings (SSSR count). The van der Waals surface area contributed by atoms with Gasteiger partial charge in [-0.1, -0.05) is 91.0 Å². The Morgan fingerprint density at radius 2 is 1.39 bits per heavy atom. The van der Waals surface area contributed by atoms with Crippen LogP contribution in [0, 0.1) is 0 Å². The summed E-state index contributed by atoms with van der Waals surface area (Å²) in [5.74, 6) is 1.56. The van der Waals surface area contributed by atoms with Crippen LogP contribution in [0.3, 0.4) is 0 Å². The summed E-state index contributed by atoms with van der Waals surface area (Å²) >= 11 is 0. The maximum Gasteiger partial charge on any atom is 0.211 e. The molecular weight excluding hydrogens is 631 g/mol. The highest BCUT2D eigenvalue weighted by molar-refractivity contribution is 7.88. The SMILES string of the molecule is CC(C)Oc1ccc2c(c1)c(-c1ccnc(N3CCN(S(C)(=O)=O)C(C)C3)c1)nn2C(c1ccccc1)(c1ccccc1)c1ccccc1. The van der Waals surface area contributed by atoms with Gasteiger partial charge >= 0.3 is 0 Å². The first kappa shape index (κ1) is 32.6. The van der Waals surface area contributed by atoms with Crippen molar-refractivity contribution in [1.29, 1.82) is 0 Å². The lowest BCUT2D eigenvalue weighted by atomic mass is 9.77. The fourth-order valence-electron chi connectivity index (χ4n) is 7.20. The highest BCUT2D eigenvalue weighted by atomic mass is 32.2. The number of pyridine rings is 1. The molecule has 3 heterocycles. The number of fused-ring (bicyclic) bond motifs is 1. The molecule has 4 aromatic carbocycles. The summed E-state index contributed by atoms with van der Waals surface area (Å²) in [6.45, 7) is 7.50. The highest BCUT2D eigenvalue weighted by Gasteiger charge is 2.41. The molecule has 1 fully saturated rings. The van der Waals surface area contributed by atoms with Crippen molar-refractivity contribution in [3.63, 3.8) is 0 Å². The molecule has 0 amide bonds. The number of benzene rings is 4. The molecule has 49 heavy (non-hydrogen) atoms. The number of hydrogen-bond acceptors (Lipinski definition) is 6. The van der Waals surface area contributed by atoms with Crippen LogP contribution < -0.4 is 9.64 Å². The van der Waals surface area contributed by atoms with Crippen LogP contribution in [-0.2, 0) is 15.6 Å². The van der Waals surface area contributed by atoms with Crippen molar-refractivity contribution in [3.05, 3.63) is 144 Å². The molecule has 1 saturated heterocycles. The van der Waals surface area contributed by atoms with Crippen molar-refractivity contribution in [2.75, 3.05) is 30.8 Å². The third-order valence-corrected chi connectivity index (χ3v) is 10.6. The molecule has 0 spiro atoms. The van der Waals surface area contributed by atoms with E-state index in [-0.39, 0.29) is 12.1 Å². The van der Waals surface area contributed by atoms with E-state index in [1.165, 1.54) is 6.26 Å². The van der Waals surface area contributed by atoms with Gasteiger partial charge in [-0.15, -0.1) is 0 Å². The standard InChI is InChI=1S/C40H41N5O3S/c1-29(2)48-35-20-21-37-36(27-35)39(31-22-23-41-38(26-31)43-24-25-44(30(3)28-43)49(4,46)47)42-45(37)40(32-14-8-5-9-15-32,33-16-10-6-11-17-33)34-18-12-7-13-19-34/h5-23,26-27,29-30H,24-25,28H2,1-4H3. The Labute approximate surface area is 288 Å². The zero-order valence-electron chi connectivity index (χ0n) is 28.3. The van der Waals surface area contributed by atoms with Gasteiger partial charge in [0, 0.05) is 42.8 Å². The second-order valence-corrected chi connectivity index (χ2v) is 14.9. The molecule has 250 valence electrons. The van der Waals surface area contributed by atoms with Crippen LogP contribution in [0.15, 0.2) is 128 Å². The lowest BCUT2D eigenvalue weighted by molar-refractivity contribution is 0.243. The zero-order valence-corrected chi connectivity index (χ0v) is 29.1. The predicted octanol–water partition coefficient (Wildman–Crippen LogP) is 7.20. The van der Waals surface area contributed by atoms with E-state index in [1.54, 1.807) is 4.31 Å². The van der Waals surface area contributed by atoms with Gasteiger partial charge in [-0.2, -0.15) is 9.40 Å². The number of hydrogen-bond donors (Lipinski definition) is 0. The Hall–Kier alpha value is -4.99. The monoisotopic (exact) mass is 671 g/mol. The van der Waals surface area contributed by atoms with Crippen molar-refractivity contribution in [2.24, 2.45) is 0 Å². The molecule has 1 aliphatic rings. The average Bonchev–Trinajstić information content (AvgIpc) is 3.48. The molecule has 0 N–H and O–H groups in total. The third kappa shape index (κ3) is 6.09. The van der Waals surface area contributed by atoms with Gasteiger partial charge in [-0.3, -0.25) is 0 Å². The first-order valence-electron chi connectivity index (χ1n) is 16.7. The first-order chi connectivity index (χ1) is 23.7. The fraction of sp³-hybridized carbons (Fsp3) is 0.250. The van der Waals surface area contributed by atoms with Gasteiger partial charge in [0.2, 0.25) is 10.0 Å². The molecule has 0 bridgehead atoms. The minimum Gasteiger partial charge on any atom is -0.491 e. The minimum atomic E-state index is -3.29. The fourth-order valence-corrected chi connectivity index (χ4v) is 8.33. The van der Waals surface area contributed by atoms with E-state index >= 15 is 0 Å². The molecule has 0 saturated carbocycles. The maximum absolute atomic E-state index is 12.4. The lowest BCUT2D eigenvalue weighted by Gasteiger charge is -2.38. The van der Waals surface area contributed by atoms with Gasteiger partial charge in [0.05, 0.1) is 17.9 Å². The van der Waals surface area contributed by atoms with Gasteiger partial charge in [-0.25, -0.2) is 18.1 Å². The van der Waals surface area contributed by atoms with Gasteiger partial charge in [0.1, 0.15) is 22.8 Å². The van der Waals surface area contributed by atoms with E-state index in [2.05, 4.69) is 101 Å². The molecular formula is C40H41N5O3S. The van der Waals surface area contributed by atoms with E-state index in [0.717, 1.165) is 50.4 Å². The summed E-state index contributed by atoms with van der Waals surface area (Å²) in [4.78, 5) is 6.90. The Morgan fingerprint density at radius 1 is 0.796 bits per heavy atom. The molecule has 0 aliphatic carbocycles. The maximum atomic E-state index is 12.4. The van der Waals surface area contributed by atoms with E-state index in [9.17, 15) is 8.42 Å². The molecule has 1 atom stereocenters. The van der Waals surface area contributed by atoms with Crippen LogP contribution in [0.2, 0.25) is 0 Å².